The van der Waals surface area contributed by atoms with Gasteiger partial charge in [-0.05, 0) is 23.8 Å². The zero-order valence-corrected chi connectivity index (χ0v) is 11.9. The Morgan fingerprint density at radius 2 is 2.10 bits per heavy atom. The first-order valence-corrected chi connectivity index (χ1v) is 6.70. The van der Waals surface area contributed by atoms with E-state index in [1.165, 1.54) is 0 Å². The van der Waals surface area contributed by atoms with E-state index in [0.717, 1.165) is 15.6 Å². The van der Waals surface area contributed by atoms with Gasteiger partial charge in [-0.2, -0.15) is 10.2 Å². The number of aromatic nitrogens is 3. The van der Waals surface area contributed by atoms with Crippen molar-refractivity contribution in [3.8, 4) is 17.5 Å². The van der Waals surface area contributed by atoms with Gasteiger partial charge in [0.1, 0.15) is 11.8 Å². The van der Waals surface area contributed by atoms with Gasteiger partial charge in [0.25, 0.3) is 5.89 Å². The summed E-state index contributed by atoms with van der Waals surface area (Å²) in [5.41, 5.74) is 2.29. The topological polar surface area (TPSA) is 78.5 Å². The van der Waals surface area contributed by atoms with Gasteiger partial charge >= 0.3 is 0 Å². The second-order valence-corrected chi connectivity index (χ2v) is 5.15. The van der Waals surface area contributed by atoms with Gasteiger partial charge in [-0.1, -0.05) is 33.2 Å². The summed E-state index contributed by atoms with van der Waals surface area (Å²) in [6.45, 7) is 0. The fourth-order valence-electron chi connectivity index (χ4n) is 1.81. The van der Waals surface area contributed by atoms with Crippen molar-refractivity contribution in [2.75, 3.05) is 0 Å². The molecule has 3 rings (SSSR count). The minimum atomic E-state index is 0.412. The van der Waals surface area contributed by atoms with E-state index in [0.29, 0.717) is 23.8 Å². The smallest absolute Gasteiger partial charge is 0.259 e. The molecular formula is C14H9BrN4O. The molecule has 0 aliphatic heterocycles. The molecule has 98 valence electrons. The minimum Gasteiger partial charge on any atom is -0.352 e. The summed E-state index contributed by atoms with van der Waals surface area (Å²) < 4.78 is 6.24. The summed E-state index contributed by atoms with van der Waals surface area (Å²) in [5.74, 6) is 1.02. The third kappa shape index (κ3) is 2.63. The van der Waals surface area contributed by atoms with Gasteiger partial charge in [-0.3, -0.25) is 0 Å². The fraction of sp³-hybridized carbons (Fsp3) is 0.0714. The van der Waals surface area contributed by atoms with E-state index in [-0.39, 0.29) is 0 Å². The van der Waals surface area contributed by atoms with Crippen LogP contribution in [-0.4, -0.2) is 15.1 Å². The molecule has 0 atom stereocenters. The SMILES string of the molecule is N#Cc1cc(-c2nc(Cc3ccc(Br)cc3)no2)c[nH]1. The van der Waals surface area contributed by atoms with Crippen LogP contribution in [0.25, 0.3) is 11.5 Å². The summed E-state index contributed by atoms with van der Waals surface area (Å²) in [7, 11) is 0. The fourth-order valence-corrected chi connectivity index (χ4v) is 2.07. The second-order valence-electron chi connectivity index (χ2n) is 4.23. The molecule has 0 aliphatic carbocycles. The molecule has 20 heavy (non-hydrogen) atoms. The maximum atomic E-state index is 8.77. The monoisotopic (exact) mass is 328 g/mol. The van der Waals surface area contributed by atoms with Crippen molar-refractivity contribution in [1.82, 2.24) is 15.1 Å². The number of benzene rings is 1. The van der Waals surface area contributed by atoms with Gasteiger partial charge in [0.15, 0.2) is 5.82 Å². The molecule has 2 aromatic heterocycles. The molecule has 6 heteroatoms. The van der Waals surface area contributed by atoms with Gasteiger partial charge in [-0.15, -0.1) is 0 Å². The van der Waals surface area contributed by atoms with Crippen molar-refractivity contribution in [1.29, 1.82) is 5.26 Å². The lowest BCUT2D eigenvalue weighted by Crippen LogP contribution is -1.90. The molecule has 5 nitrogen and oxygen atoms in total. The average molecular weight is 329 g/mol. The van der Waals surface area contributed by atoms with E-state index in [1.807, 2.05) is 30.3 Å². The Kier molecular flexibility index (Phi) is 3.35. The first-order valence-electron chi connectivity index (χ1n) is 5.90. The molecule has 3 aromatic rings. The number of halogens is 1. The summed E-state index contributed by atoms with van der Waals surface area (Å²) in [5, 5.41) is 12.7. The van der Waals surface area contributed by atoms with Crippen LogP contribution in [0.5, 0.6) is 0 Å². The minimum absolute atomic E-state index is 0.412. The van der Waals surface area contributed by atoms with Crippen molar-refractivity contribution in [2.24, 2.45) is 0 Å². The zero-order chi connectivity index (χ0) is 13.9. The normalized spacial score (nSPS) is 10.4. The van der Waals surface area contributed by atoms with Gasteiger partial charge in [0.05, 0.1) is 5.56 Å². The first-order chi connectivity index (χ1) is 9.74. The van der Waals surface area contributed by atoms with Crippen LogP contribution >= 0.6 is 15.9 Å². The molecule has 1 N–H and O–H groups in total. The molecule has 0 fully saturated rings. The second kappa shape index (κ2) is 5.31. The van der Waals surface area contributed by atoms with Crippen LogP contribution in [0, 0.1) is 11.3 Å². The highest BCUT2D eigenvalue weighted by Crippen LogP contribution is 2.19. The Morgan fingerprint density at radius 1 is 1.30 bits per heavy atom. The molecule has 0 saturated heterocycles. The van der Waals surface area contributed by atoms with E-state index in [9.17, 15) is 0 Å². The highest BCUT2D eigenvalue weighted by atomic mass is 79.9. The summed E-state index contributed by atoms with van der Waals surface area (Å²) in [6.07, 6.45) is 2.28. The van der Waals surface area contributed by atoms with E-state index in [4.69, 9.17) is 9.78 Å². The zero-order valence-electron chi connectivity index (χ0n) is 10.3. The van der Waals surface area contributed by atoms with E-state index in [1.54, 1.807) is 12.3 Å². The van der Waals surface area contributed by atoms with Gasteiger partial charge < -0.3 is 9.51 Å². The van der Waals surface area contributed by atoms with E-state index < -0.39 is 0 Å². The van der Waals surface area contributed by atoms with Crippen molar-refractivity contribution < 1.29 is 4.52 Å². The summed E-state index contributed by atoms with van der Waals surface area (Å²) >= 11 is 3.40. The predicted octanol–water partition coefficient (Wildman–Crippen LogP) is 3.29. The molecule has 0 amide bonds. The van der Waals surface area contributed by atoms with Crippen LogP contribution < -0.4 is 0 Å². The Morgan fingerprint density at radius 3 is 2.80 bits per heavy atom. The Balaban J connectivity index is 1.80. The van der Waals surface area contributed by atoms with Crippen LogP contribution in [0.1, 0.15) is 17.1 Å². The number of rotatable bonds is 3. The maximum Gasteiger partial charge on any atom is 0.259 e. The average Bonchev–Trinajstić information content (AvgIpc) is 3.10. The number of nitriles is 1. The number of H-pyrrole nitrogens is 1. The van der Waals surface area contributed by atoms with Gasteiger partial charge in [0, 0.05) is 17.1 Å². The maximum absolute atomic E-state index is 8.77. The van der Waals surface area contributed by atoms with E-state index in [2.05, 4.69) is 31.1 Å². The van der Waals surface area contributed by atoms with Crippen molar-refractivity contribution >= 4 is 15.9 Å². The highest BCUT2D eigenvalue weighted by Gasteiger charge is 2.11. The Labute approximate surface area is 123 Å². The van der Waals surface area contributed by atoms with Crippen molar-refractivity contribution in [3.63, 3.8) is 0 Å². The molecule has 0 aliphatic rings. The van der Waals surface area contributed by atoms with Crippen LogP contribution in [-0.2, 0) is 6.42 Å². The molecule has 1 aromatic carbocycles. The molecule has 0 radical (unpaired) electrons. The van der Waals surface area contributed by atoms with Gasteiger partial charge in [-0.25, -0.2) is 0 Å². The Bertz CT molecular complexity index is 767. The number of hydrogen-bond acceptors (Lipinski definition) is 4. The highest BCUT2D eigenvalue weighted by molar-refractivity contribution is 9.10. The largest absolute Gasteiger partial charge is 0.352 e. The van der Waals surface area contributed by atoms with Crippen LogP contribution in [0.3, 0.4) is 0 Å². The lowest BCUT2D eigenvalue weighted by Gasteiger charge is -1.96. The summed E-state index contributed by atoms with van der Waals surface area (Å²) in [4.78, 5) is 7.15. The predicted molar refractivity (Wildman–Crippen MR) is 75.7 cm³/mol. The quantitative estimate of drug-likeness (QED) is 0.800. The molecule has 0 bridgehead atoms. The number of aromatic amines is 1. The lowest BCUT2D eigenvalue weighted by molar-refractivity contribution is 0.424. The van der Waals surface area contributed by atoms with Crippen molar-refractivity contribution in [2.45, 2.75) is 6.42 Å². The third-order valence-electron chi connectivity index (χ3n) is 2.79. The number of nitrogens with one attached hydrogen (secondary N) is 1. The van der Waals surface area contributed by atoms with E-state index >= 15 is 0 Å². The van der Waals surface area contributed by atoms with Crippen LogP contribution in [0.2, 0.25) is 0 Å². The van der Waals surface area contributed by atoms with Crippen LogP contribution in [0.15, 0.2) is 45.5 Å². The third-order valence-corrected chi connectivity index (χ3v) is 3.32. The molecule has 0 unspecified atom stereocenters. The Hall–Kier alpha value is -2.39. The number of nitrogens with zero attached hydrogens (tertiary/aromatic N) is 3. The van der Waals surface area contributed by atoms with Crippen LogP contribution in [0.4, 0.5) is 0 Å². The standard InChI is InChI=1S/C14H9BrN4O/c15-11-3-1-9(2-4-11)5-13-18-14(20-19-13)10-6-12(7-16)17-8-10/h1-4,6,8,17H,5H2. The van der Waals surface area contributed by atoms with Gasteiger partial charge in [0.2, 0.25) is 0 Å². The molecule has 0 spiro atoms. The lowest BCUT2D eigenvalue weighted by atomic mass is 10.1. The molecule has 2 heterocycles. The number of hydrogen-bond donors (Lipinski definition) is 1. The first kappa shape index (κ1) is 12.6. The molecule has 0 saturated carbocycles. The molecular weight excluding hydrogens is 320 g/mol. The van der Waals surface area contributed by atoms with Crippen molar-refractivity contribution in [3.05, 3.63) is 58.1 Å². The summed E-state index contributed by atoms with van der Waals surface area (Å²) in [6, 6.07) is 11.7.